The monoisotopic (exact) mass is 200 g/mol. The number of rotatable bonds is 1. The normalized spacial score (nSPS) is 21.3. The maximum Gasteiger partial charge on any atom is 0.0481 e. The van der Waals surface area contributed by atoms with Crippen LogP contribution < -0.4 is 5.32 Å². The molecular formula is C13H16N2. The average molecular weight is 200 g/mol. The van der Waals surface area contributed by atoms with E-state index in [4.69, 9.17) is 0 Å². The number of hydrogen-bond acceptors (Lipinski definition) is 1. The number of nitrogens with zero attached hydrogens (tertiary/aromatic N) is 1. The molecule has 2 heteroatoms. The Bertz CT molecular complexity index is 478. The Kier molecular flexibility index (Phi) is 2.03. The first-order valence-electron chi connectivity index (χ1n) is 5.63. The molecule has 0 amide bonds. The topological polar surface area (TPSA) is 17.0 Å². The molecule has 1 aromatic heterocycles. The summed E-state index contributed by atoms with van der Waals surface area (Å²) in [7, 11) is 2.11. The van der Waals surface area contributed by atoms with Crippen LogP contribution >= 0.6 is 0 Å². The van der Waals surface area contributed by atoms with E-state index in [-0.39, 0.29) is 0 Å². The fourth-order valence-corrected chi connectivity index (χ4v) is 2.47. The van der Waals surface area contributed by atoms with E-state index < -0.39 is 0 Å². The van der Waals surface area contributed by atoms with Crippen molar-refractivity contribution in [3.8, 4) is 0 Å². The van der Waals surface area contributed by atoms with Crippen molar-refractivity contribution in [3.05, 3.63) is 36.0 Å². The predicted molar refractivity (Wildman–Crippen MR) is 62.9 cm³/mol. The van der Waals surface area contributed by atoms with Gasteiger partial charge in [-0.15, -0.1) is 0 Å². The number of nitrogens with one attached hydrogen (secondary N) is 1. The van der Waals surface area contributed by atoms with Crippen LogP contribution in [-0.4, -0.2) is 11.1 Å². The number of aryl methyl sites for hydroxylation is 1. The summed E-state index contributed by atoms with van der Waals surface area (Å²) in [5, 5.41) is 4.87. The molecule has 0 saturated carbocycles. The van der Waals surface area contributed by atoms with Crippen LogP contribution in [0.4, 0.5) is 0 Å². The van der Waals surface area contributed by atoms with E-state index in [0.29, 0.717) is 6.04 Å². The third kappa shape index (κ3) is 1.45. The van der Waals surface area contributed by atoms with E-state index in [0.717, 1.165) is 6.54 Å². The molecule has 0 bridgehead atoms. The number of hydrogen-bond donors (Lipinski definition) is 1. The molecule has 3 rings (SSSR count). The summed E-state index contributed by atoms with van der Waals surface area (Å²) in [6, 6.07) is 9.54. The third-order valence-corrected chi connectivity index (χ3v) is 3.37. The molecule has 1 saturated heterocycles. The van der Waals surface area contributed by atoms with Crippen molar-refractivity contribution in [2.75, 3.05) is 6.54 Å². The molecule has 1 atom stereocenters. The first-order chi connectivity index (χ1) is 7.34. The van der Waals surface area contributed by atoms with Gasteiger partial charge in [0.1, 0.15) is 0 Å². The van der Waals surface area contributed by atoms with Gasteiger partial charge in [-0.25, -0.2) is 0 Å². The standard InChI is InChI=1S/C13H16N2/c1-15-8-6-10-4-5-11(9-13(10)15)12-3-2-7-14-12/h4-6,8-9,12,14H,2-3,7H2,1H3/t12-/m1/s1. The van der Waals surface area contributed by atoms with Crippen LogP contribution in [0.25, 0.3) is 10.9 Å². The zero-order valence-corrected chi connectivity index (χ0v) is 9.03. The van der Waals surface area contributed by atoms with Gasteiger partial charge in [0.25, 0.3) is 0 Å². The highest BCUT2D eigenvalue weighted by atomic mass is 14.9. The SMILES string of the molecule is Cn1ccc2ccc([C@H]3CCCN3)cc21. The zero-order chi connectivity index (χ0) is 10.3. The van der Waals surface area contributed by atoms with Gasteiger partial charge >= 0.3 is 0 Å². The van der Waals surface area contributed by atoms with Gasteiger partial charge in [0.2, 0.25) is 0 Å². The van der Waals surface area contributed by atoms with Gasteiger partial charge in [-0.1, -0.05) is 12.1 Å². The van der Waals surface area contributed by atoms with E-state index >= 15 is 0 Å². The van der Waals surface area contributed by atoms with E-state index in [2.05, 4.69) is 47.4 Å². The van der Waals surface area contributed by atoms with E-state index in [9.17, 15) is 0 Å². The maximum absolute atomic E-state index is 3.54. The van der Waals surface area contributed by atoms with Crippen LogP contribution in [0.1, 0.15) is 24.4 Å². The molecule has 1 aliphatic heterocycles. The Labute approximate surface area is 89.9 Å². The van der Waals surface area contributed by atoms with E-state index in [1.807, 2.05) is 0 Å². The number of aromatic nitrogens is 1. The summed E-state index contributed by atoms with van der Waals surface area (Å²) in [5.41, 5.74) is 2.77. The van der Waals surface area contributed by atoms with Gasteiger partial charge < -0.3 is 9.88 Å². The van der Waals surface area contributed by atoms with Crippen molar-refractivity contribution >= 4 is 10.9 Å². The highest BCUT2D eigenvalue weighted by Crippen LogP contribution is 2.26. The lowest BCUT2D eigenvalue weighted by Gasteiger charge is -2.10. The first-order valence-corrected chi connectivity index (χ1v) is 5.63. The zero-order valence-electron chi connectivity index (χ0n) is 9.03. The van der Waals surface area contributed by atoms with Crippen molar-refractivity contribution < 1.29 is 0 Å². The fourth-order valence-electron chi connectivity index (χ4n) is 2.47. The predicted octanol–water partition coefficient (Wildman–Crippen LogP) is 2.60. The summed E-state index contributed by atoms with van der Waals surface area (Å²) < 4.78 is 2.19. The van der Waals surface area contributed by atoms with Crippen molar-refractivity contribution in [1.29, 1.82) is 0 Å². The molecule has 1 fully saturated rings. The van der Waals surface area contributed by atoms with Crippen LogP contribution in [0.3, 0.4) is 0 Å². The number of fused-ring (bicyclic) bond motifs is 1. The van der Waals surface area contributed by atoms with Crippen LogP contribution in [0.15, 0.2) is 30.5 Å². The van der Waals surface area contributed by atoms with Crippen molar-refractivity contribution in [2.24, 2.45) is 7.05 Å². The highest BCUT2D eigenvalue weighted by Gasteiger charge is 2.16. The van der Waals surface area contributed by atoms with Crippen LogP contribution in [0.5, 0.6) is 0 Å². The van der Waals surface area contributed by atoms with Crippen LogP contribution in [0, 0.1) is 0 Å². The van der Waals surface area contributed by atoms with E-state index in [1.54, 1.807) is 0 Å². The quantitative estimate of drug-likeness (QED) is 0.748. The summed E-state index contributed by atoms with van der Waals surface area (Å²) in [4.78, 5) is 0. The largest absolute Gasteiger partial charge is 0.351 e. The molecule has 78 valence electrons. The molecule has 0 unspecified atom stereocenters. The van der Waals surface area contributed by atoms with E-state index in [1.165, 1.54) is 29.3 Å². The summed E-state index contributed by atoms with van der Waals surface area (Å²) >= 11 is 0. The lowest BCUT2D eigenvalue weighted by Crippen LogP contribution is -2.12. The van der Waals surface area contributed by atoms with Gasteiger partial charge in [-0.3, -0.25) is 0 Å². The molecule has 0 aliphatic carbocycles. The lowest BCUT2D eigenvalue weighted by atomic mass is 10.0. The Hall–Kier alpha value is -1.28. The van der Waals surface area contributed by atoms with Gasteiger partial charge in [-0.05, 0) is 42.5 Å². The highest BCUT2D eigenvalue weighted by molar-refractivity contribution is 5.80. The second-order valence-electron chi connectivity index (χ2n) is 4.39. The first kappa shape index (κ1) is 8.98. The van der Waals surface area contributed by atoms with Crippen molar-refractivity contribution in [2.45, 2.75) is 18.9 Å². The smallest absolute Gasteiger partial charge is 0.0481 e. The molecule has 2 heterocycles. The van der Waals surface area contributed by atoms with Gasteiger partial charge in [0.05, 0.1) is 0 Å². The molecule has 2 aromatic rings. The molecule has 1 aliphatic rings. The molecule has 1 aromatic carbocycles. The minimum atomic E-state index is 0.573. The Morgan fingerprint density at radius 3 is 3.07 bits per heavy atom. The summed E-state index contributed by atoms with van der Waals surface area (Å²) in [6.45, 7) is 1.16. The molecule has 1 N–H and O–H groups in total. The Morgan fingerprint density at radius 1 is 1.33 bits per heavy atom. The minimum Gasteiger partial charge on any atom is -0.351 e. The molecular weight excluding hydrogens is 184 g/mol. The van der Waals surface area contributed by atoms with Crippen LogP contribution in [-0.2, 0) is 7.05 Å². The maximum atomic E-state index is 3.54. The Balaban J connectivity index is 2.08. The average Bonchev–Trinajstić information content (AvgIpc) is 2.88. The Morgan fingerprint density at radius 2 is 2.27 bits per heavy atom. The minimum absolute atomic E-state index is 0.573. The molecule has 0 spiro atoms. The fraction of sp³-hybridized carbons (Fsp3) is 0.385. The third-order valence-electron chi connectivity index (χ3n) is 3.37. The lowest BCUT2D eigenvalue weighted by molar-refractivity contribution is 0.648. The summed E-state index contributed by atoms with van der Waals surface area (Å²) in [5.74, 6) is 0. The van der Waals surface area contributed by atoms with Crippen molar-refractivity contribution in [1.82, 2.24) is 9.88 Å². The second-order valence-corrected chi connectivity index (χ2v) is 4.39. The molecule has 15 heavy (non-hydrogen) atoms. The van der Waals surface area contributed by atoms with Crippen molar-refractivity contribution in [3.63, 3.8) is 0 Å². The van der Waals surface area contributed by atoms with Crippen LogP contribution in [0.2, 0.25) is 0 Å². The number of benzene rings is 1. The van der Waals surface area contributed by atoms with Gasteiger partial charge in [0, 0.05) is 24.8 Å². The molecule has 2 nitrogen and oxygen atoms in total. The molecule has 0 radical (unpaired) electrons. The second kappa shape index (κ2) is 3.38. The summed E-state index contributed by atoms with van der Waals surface area (Å²) in [6.07, 6.45) is 4.70. The van der Waals surface area contributed by atoms with Gasteiger partial charge in [0.15, 0.2) is 0 Å². The van der Waals surface area contributed by atoms with Gasteiger partial charge in [-0.2, -0.15) is 0 Å².